The predicted octanol–water partition coefficient (Wildman–Crippen LogP) is 5.47. The molecule has 1 aliphatic rings. The SMILES string of the molecule is Cc1ccsc1/C=C1\Oc2cc(OC(=O)Cc3ccc(Cl)cc3)ccc2C1=O. The van der Waals surface area contributed by atoms with Crippen LogP contribution >= 0.6 is 22.9 Å². The molecule has 0 saturated heterocycles. The molecule has 3 aromatic rings. The third kappa shape index (κ3) is 3.86. The first-order valence-electron chi connectivity index (χ1n) is 8.57. The molecule has 140 valence electrons. The first kappa shape index (κ1) is 18.5. The second-order valence-corrected chi connectivity index (χ2v) is 7.73. The first-order valence-corrected chi connectivity index (χ1v) is 9.83. The Morgan fingerprint density at radius 2 is 1.96 bits per heavy atom. The van der Waals surface area contributed by atoms with Gasteiger partial charge in [-0.15, -0.1) is 11.3 Å². The molecule has 0 fully saturated rings. The van der Waals surface area contributed by atoms with Crippen molar-refractivity contribution >= 4 is 40.8 Å². The van der Waals surface area contributed by atoms with E-state index in [0.29, 0.717) is 22.1 Å². The zero-order valence-electron chi connectivity index (χ0n) is 14.9. The van der Waals surface area contributed by atoms with E-state index < -0.39 is 5.97 Å². The minimum atomic E-state index is -0.406. The van der Waals surface area contributed by atoms with Crippen LogP contribution in [0.15, 0.2) is 59.7 Å². The molecule has 4 rings (SSSR count). The van der Waals surface area contributed by atoms with Gasteiger partial charge in [0, 0.05) is 22.0 Å². The number of halogens is 1. The number of hydrogen-bond acceptors (Lipinski definition) is 5. The molecule has 0 N–H and O–H groups in total. The lowest BCUT2D eigenvalue weighted by Gasteiger charge is -2.06. The van der Waals surface area contributed by atoms with Gasteiger partial charge in [0.2, 0.25) is 5.78 Å². The van der Waals surface area contributed by atoms with Gasteiger partial charge in [-0.05, 0) is 53.8 Å². The minimum Gasteiger partial charge on any atom is -0.452 e. The number of hydrogen-bond donors (Lipinski definition) is 0. The monoisotopic (exact) mass is 410 g/mol. The third-order valence-corrected chi connectivity index (χ3v) is 5.52. The number of carbonyl (C=O) groups is 2. The number of esters is 1. The number of ketones is 1. The van der Waals surface area contributed by atoms with Gasteiger partial charge in [0.1, 0.15) is 11.5 Å². The van der Waals surface area contributed by atoms with Gasteiger partial charge in [0.15, 0.2) is 5.76 Å². The predicted molar refractivity (Wildman–Crippen MR) is 109 cm³/mol. The fourth-order valence-corrected chi connectivity index (χ4v) is 3.79. The zero-order chi connectivity index (χ0) is 19.7. The van der Waals surface area contributed by atoms with Crippen molar-refractivity contribution in [3.05, 3.63) is 86.3 Å². The number of ether oxygens (including phenoxy) is 2. The molecule has 28 heavy (non-hydrogen) atoms. The summed E-state index contributed by atoms with van der Waals surface area (Å²) in [5.41, 5.74) is 2.35. The Labute approximate surface area is 171 Å². The summed E-state index contributed by atoms with van der Waals surface area (Å²) in [7, 11) is 0. The molecule has 6 heteroatoms. The topological polar surface area (TPSA) is 52.6 Å². The lowest BCUT2D eigenvalue weighted by molar-refractivity contribution is -0.133. The Hall–Kier alpha value is -2.89. The van der Waals surface area contributed by atoms with Gasteiger partial charge in [-0.25, -0.2) is 0 Å². The van der Waals surface area contributed by atoms with Crippen LogP contribution in [0.4, 0.5) is 0 Å². The number of thiophene rings is 1. The van der Waals surface area contributed by atoms with E-state index in [1.165, 1.54) is 0 Å². The van der Waals surface area contributed by atoms with Crippen LogP contribution in [0.5, 0.6) is 11.5 Å². The number of benzene rings is 2. The second-order valence-electron chi connectivity index (χ2n) is 6.34. The van der Waals surface area contributed by atoms with Crippen LogP contribution in [0.2, 0.25) is 5.02 Å². The molecule has 0 spiro atoms. The van der Waals surface area contributed by atoms with E-state index in [4.69, 9.17) is 21.1 Å². The molecule has 0 saturated carbocycles. The summed E-state index contributed by atoms with van der Waals surface area (Å²) in [4.78, 5) is 25.7. The average molecular weight is 411 g/mol. The Bertz CT molecular complexity index is 1100. The van der Waals surface area contributed by atoms with E-state index in [1.54, 1.807) is 59.9 Å². The van der Waals surface area contributed by atoms with E-state index in [9.17, 15) is 9.59 Å². The maximum Gasteiger partial charge on any atom is 0.315 e. The highest BCUT2D eigenvalue weighted by atomic mass is 35.5. The summed E-state index contributed by atoms with van der Waals surface area (Å²) >= 11 is 7.39. The summed E-state index contributed by atoms with van der Waals surface area (Å²) in [5.74, 6) is 0.407. The van der Waals surface area contributed by atoms with Gasteiger partial charge in [-0.2, -0.15) is 0 Å². The van der Waals surface area contributed by atoms with Crippen LogP contribution in [0.25, 0.3) is 6.08 Å². The minimum absolute atomic E-state index is 0.122. The summed E-state index contributed by atoms with van der Waals surface area (Å²) in [5, 5.41) is 2.58. The number of Topliss-reactive ketones (excluding diaryl/α,β-unsaturated/α-hetero) is 1. The van der Waals surface area contributed by atoms with E-state index in [-0.39, 0.29) is 18.0 Å². The van der Waals surface area contributed by atoms with Crippen LogP contribution in [-0.2, 0) is 11.2 Å². The molecule has 4 nitrogen and oxygen atoms in total. The van der Waals surface area contributed by atoms with Crippen molar-refractivity contribution < 1.29 is 19.1 Å². The fourth-order valence-electron chi connectivity index (χ4n) is 2.82. The van der Waals surface area contributed by atoms with Crippen LogP contribution in [-0.4, -0.2) is 11.8 Å². The third-order valence-electron chi connectivity index (χ3n) is 4.30. The average Bonchev–Trinajstić information content (AvgIpc) is 3.20. The van der Waals surface area contributed by atoms with Crippen molar-refractivity contribution in [2.24, 2.45) is 0 Å². The molecular formula is C22H15ClO4S. The molecular weight excluding hydrogens is 396 g/mol. The Kier molecular flexibility index (Phi) is 5.03. The van der Waals surface area contributed by atoms with Crippen LogP contribution in [0, 0.1) is 6.92 Å². The van der Waals surface area contributed by atoms with Gasteiger partial charge in [0.25, 0.3) is 0 Å². The highest BCUT2D eigenvalue weighted by Gasteiger charge is 2.28. The van der Waals surface area contributed by atoms with E-state index in [1.807, 2.05) is 18.4 Å². The highest BCUT2D eigenvalue weighted by molar-refractivity contribution is 7.11. The number of fused-ring (bicyclic) bond motifs is 1. The van der Waals surface area contributed by atoms with Gasteiger partial charge >= 0.3 is 5.97 Å². The van der Waals surface area contributed by atoms with Gasteiger partial charge in [0.05, 0.1) is 12.0 Å². The van der Waals surface area contributed by atoms with Crippen molar-refractivity contribution in [2.45, 2.75) is 13.3 Å². The molecule has 0 atom stereocenters. The Balaban J connectivity index is 1.48. The van der Waals surface area contributed by atoms with Crippen LogP contribution in [0.3, 0.4) is 0 Å². The molecule has 0 bridgehead atoms. The van der Waals surface area contributed by atoms with Crippen LogP contribution in [0.1, 0.15) is 26.4 Å². The zero-order valence-corrected chi connectivity index (χ0v) is 16.5. The highest BCUT2D eigenvalue weighted by Crippen LogP contribution is 2.35. The van der Waals surface area contributed by atoms with Crippen LogP contribution < -0.4 is 9.47 Å². The lowest BCUT2D eigenvalue weighted by atomic mass is 10.1. The van der Waals surface area contributed by atoms with Crippen molar-refractivity contribution in [1.82, 2.24) is 0 Å². The molecule has 1 aromatic heterocycles. The molecule has 0 amide bonds. The molecule has 2 heterocycles. The normalized spacial score (nSPS) is 14.1. The van der Waals surface area contributed by atoms with Crippen molar-refractivity contribution in [1.29, 1.82) is 0 Å². The van der Waals surface area contributed by atoms with Crippen molar-refractivity contribution in [2.75, 3.05) is 0 Å². The number of carbonyl (C=O) groups excluding carboxylic acids is 2. The quantitative estimate of drug-likeness (QED) is 0.325. The van der Waals surface area contributed by atoms with Gasteiger partial charge < -0.3 is 9.47 Å². The number of allylic oxidation sites excluding steroid dienone is 1. The molecule has 1 aliphatic heterocycles. The molecule has 2 aromatic carbocycles. The lowest BCUT2D eigenvalue weighted by Crippen LogP contribution is -2.11. The maximum absolute atomic E-state index is 12.5. The standard InChI is InChI=1S/C22H15ClO4S/c1-13-8-9-28-20(13)12-19-22(25)17-7-6-16(11-18(17)27-19)26-21(24)10-14-2-4-15(23)5-3-14/h2-9,11-12H,10H2,1H3/b19-12-. The maximum atomic E-state index is 12.5. The number of aryl methyl sites for hydroxylation is 1. The summed E-state index contributed by atoms with van der Waals surface area (Å²) in [6.07, 6.45) is 1.87. The van der Waals surface area contributed by atoms with E-state index >= 15 is 0 Å². The van der Waals surface area contributed by atoms with Gasteiger partial charge in [-0.3, -0.25) is 9.59 Å². The first-order chi connectivity index (χ1) is 13.5. The summed E-state index contributed by atoms with van der Waals surface area (Å²) in [6, 6.07) is 13.8. The van der Waals surface area contributed by atoms with E-state index in [2.05, 4.69) is 0 Å². The van der Waals surface area contributed by atoms with Crippen molar-refractivity contribution in [3.63, 3.8) is 0 Å². The largest absolute Gasteiger partial charge is 0.452 e. The van der Waals surface area contributed by atoms with E-state index in [0.717, 1.165) is 16.0 Å². The Morgan fingerprint density at radius 1 is 1.18 bits per heavy atom. The van der Waals surface area contributed by atoms with Gasteiger partial charge in [-0.1, -0.05) is 23.7 Å². The van der Waals surface area contributed by atoms with Crippen molar-refractivity contribution in [3.8, 4) is 11.5 Å². The smallest absolute Gasteiger partial charge is 0.315 e. The molecule has 0 unspecified atom stereocenters. The summed E-state index contributed by atoms with van der Waals surface area (Å²) < 4.78 is 11.1. The molecule has 0 radical (unpaired) electrons. The fraction of sp³-hybridized carbons (Fsp3) is 0.0909. The Morgan fingerprint density at radius 3 is 2.68 bits per heavy atom. The number of rotatable bonds is 4. The molecule has 0 aliphatic carbocycles. The summed E-state index contributed by atoms with van der Waals surface area (Å²) in [6.45, 7) is 1.98. The second kappa shape index (κ2) is 7.62.